The summed E-state index contributed by atoms with van der Waals surface area (Å²) < 4.78 is 13.6. The Balaban J connectivity index is 2.40. The lowest BCUT2D eigenvalue weighted by molar-refractivity contribution is 0.277. The van der Waals surface area contributed by atoms with Crippen LogP contribution in [-0.4, -0.2) is 24.7 Å². The van der Waals surface area contributed by atoms with Gasteiger partial charge in [0, 0.05) is 30.4 Å². The molecule has 1 saturated heterocycles. The van der Waals surface area contributed by atoms with Crippen LogP contribution in [-0.2, 0) is 0 Å². The summed E-state index contributed by atoms with van der Waals surface area (Å²) in [4.78, 5) is 2.28. The molecule has 1 fully saturated rings. The highest BCUT2D eigenvalue weighted by atomic mass is 35.5. The van der Waals surface area contributed by atoms with Gasteiger partial charge in [-0.1, -0.05) is 37.0 Å². The van der Waals surface area contributed by atoms with E-state index in [0.717, 1.165) is 18.8 Å². The molecule has 0 spiro atoms. The van der Waals surface area contributed by atoms with E-state index in [-0.39, 0.29) is 15.6 Å². The van der Waals surface area contributed by atoms with Gasteiger partial charge in [0.15, 0.2) is 5.82 Å². The van der Waals surface area contributed by atoms with Crippen LogP contribution in [0.3, 0.4) is 0 Å². The highest BCUT2D eigenvalue weighted by Gasteiger charge is 2.34. The topological polar surface area (TPSA) is 15.3 Å². The number of nitrogens with one attached hydrogen (secondary N) is 1. The molecule has 0 amide bonds. The normalized spacial score (nSPS) is 22.4. The summed E-state index contributed by atoms with van der Waals surface area (Å²) in [6.45, 7) is 10.4. The van der Waals surface area contributed by atoms with Crippen LogP contribution in [0.15, 0.2) is 12.1 Å². The minimum Gasteiger partial charge on any atom is -0.365 e. The number of hydrogen-bond donors (Lipinski definition) is 1. The van der Waals surface area contributed by atoms with Crippen molar-refractivity contribution in [3.8, 4) is 0 Å². The number of halogens is 3. The maximum atomic E-state index is 13.6. The van der Waals surface area contributed by atoms with Crippen LogP contribution in [0.2, 0.25) is 10.0 Å². The molecule has 1 atom stereocenters. The van der Waals surface area contributed by atoms with E-state index in [4.69, 9.17) is 23.2 Å². The first kappa shape index (κ1) is 15.9. The Kier molecular flexibility index (Phi) is 4.53. The highest BCUT2D eigenvalue weighted by Crippen LogP contribution is 2.33. The average molecular weight is 319 g/mol. The molecule has 0 bridgehead atoms. The van der Waals surface area contributed by atoms with Crippen LogP contribution >= 0.6 is 23.2 Å². The van der Waals surface area contributed by atoms with Gasteiger partial charge in [-0.3, -0.25) is 0 Å². The van der Waals surface area contributed by atoms with Crippen molar-refractivity contribution < 1.29 is 4.39 Å². The van der Waals surface area contributed by atoms with E-state index in [1.54, 1.807) is 12.1 Å². The van der Waals surface area contributed by atoms with E-state index in [1.165, 1.54) is 0 Å². The van der Waals surface area contributed by atoms with Gasteiger partial charge < -0.3 is 10.2 Å². The van der Waals surface area contributed by atoms with Crippen molar-refractivity contribution in [2.24, 2.45) is 5.92 Å². The fourth-order valence-electron chi connectivity index (χ4n) is 2.68. The molecule has 1 heterocycles. The van der Waals surface area contributed by atoms with Gasteiger partial charge >= 0.3 is 0 Å². The van der Waals surface area contributed by atoms with Crippen molar-refractivity contribution in [3.63, 3.8) is 0 Å². The van der Waals surface area contributed by atoms with Crippen LogP contribution in [0, 0.1) is 11.7 Å². The minimum atomic E-state index is -0.549. The molecular formula is C15H21Cl2FN2. The molecule has 0 saturated carbocycles. The van der Waals surface area contributed by atoms with Crippen LogP contribution in [0.1, 0.15) is 27.7 Å². The summed E-state index contributed by atoms with van der Waals surface area (Å²) in [7, 11) is 0. The molecule has 1 aliphatic heterocycles. The lowest BCUT2D eigenvalue weighted by atomic mass is 9.92. The first-order valence-electron chi connectivity index (χ1n) is 6.87. The molecule has 2 nitrogen and oxygen atoms in total. The average Bonchev–Trinajstić information content (AvgIpc) is 2.33. The summed E-state index contributed by atoms with van der Waals surface area (Å²) in [6.07, 6.45) is 0. The molecule has 1 aromatic carbocycles. The van der Waals surface area contributed by atoms with Crippen molar-refractivity contribution in [3.05, 3.63) is 28.0 Å². The second-order valence-corrected chi connectivity index (χ2v) is 7.24. The number of benzene rings is 1. The van der Waals surface area contributed by atoms with Crippen LogP contribution in [0.4, 0.5) is 10.1 Å². The molecule has 0 aromatic heterocycles. The quantitative estimate of drug-likeness (QED) is 0.816. The monoisotopic (exact) mass is 318 g/mol. The van der Waals surface area contributed by atoms with Crippen molar-refractivity contribution in [2.75, 3.05) is 18.0 Å². The molecule has 20 heavy (non-hydrogen) atoms. The number of rotatable bonds is 2. The van der Waals surface area contributed by atoms with Crippen molar-refractivity contribution in [2.45, 2.75) is 39.3 Å². The Labute approximate surface area is 130 Å². The van der Waals surface area contributed by atoms with Gasteiger partial charge in [0.25, 0.3) is 0 Å². The fourth-order valence-corrected chi connectivity index (χ4v) is 3.15. The third-order valence-electron chi connectivity index (χ3n) is 3.83. The summed E-state index contributed by atoms with van der Waals surface area (Å²) >= 11 is 11.9. The molecular weight excluding hydrogens is 298 g/mol. The molecule has 2 rings (SSSR count). The molecule has 0 aliphatic carbocycles. The predicted octanol–water partition coefficient (Wildman–Crippen LogP) is 4.35. The predicted molar refractivity (Wildman–Crippen MR) is 84.5 cm³/mol. The summed E-state index contributed by atoms with van der Waals surface area (Å²) in [5.74, 6) is -0.0752. The molecule has 112 valence electrons. The van der Waals surface area contributed by atoms with E-state index in [1.807, 2.05) is 0 Å². The van der Waals surface area contributed by atoms with Gasteiger partial charge in [0.1, 0.15) is 0 Å². The smallest absolute Gasteiger partial charge is 0.160 e. The van der Waals surface area contributed by atoms with Crippen molar-refractivity contribution >= 4 is 28.9 Å². The van der Waals surface area contributed by atoms with Gasteiger partial charge in [-0.15, -0.1) is 0 Å². The largest absolute Gasteiger partial charge is 0.365 e. The number of anilines is 1. The summed E-state index contributed by atoms with van der Waals surface area (Å²) in [5.41, 5.74) is 0.883. The molecule has 1 unspecified atom stereocenters. The van der Waals surface area contributed by atoms with Gasteiger partial charge in [0.2, 0.25) is 0 Å². The lowest BCUT2D eigenvalue weighted by Crippen LogP contribution is -2.63. The Morgan fingerprint density at radius 2 is 1.85 bits per heavy atom. The minimum absolute atomic E-state index is 0.00126. The van der Waals surface area contributed by atoms with Gasteiger partial charge in [-0.2, -0.15) is 0 Å². The first-order valence-corrected chi connectivity index (χ1v) is 7.63. The van der Waals surface area contributed by atoms with E-state index >= 15 is 0 Å². The number of hydrogen-bond acceptors (Lipinski definition) is 2. The molecule has 5 heteroatoms. The Morgan fingerprint density at radius 1 is 1.30 bits per heavy atom. The van der Waals surface area contributed by atoms with Gasteiger partial charge in [-0.05, 0) is 31.9 Å². The van der Waals surface area contributed by atoms with E-state index in [9.17, 15) is 4.39 Å². The molecule has 0 radical (unpaired) electrons. The Hall–Kier alpha value is -0.510. The van der Waals surface area contributed by atoms with Gasteiger partial charge in [-0.25, -0.2) is 4.39 Å². The van der Waals surface area contributed by atoms with Crippen LogP contribution in [0.5, 0.6) is 0 Å². The highest BCUT2D eigenvalue weighted by molar-refractivity contribution is 6.35. The second kappa shape index (κ2) is 5.70. The first-order chi connectivity index (χ1) is 9.21. The van der Waals surface area contributed by atoms with E-state index < -0.39 is 5.82 Å². The third-order valence-corrected chi connectivity index (χ3v) is 4.38. The summed E-state index contributed by atoms with van der Waals surface area (Å²) in [5, 5.41) is 3.70. The van der Waals surface area contributed by atoms with Crippen molar-refractivity contribution in [1.29, 1.82) is 0 Å². The SMILES string of the molecule is CC(C)C1CNC(C)(C)CN1c1cc(Cl)c(F)c(Cl)c1. The lowest BCUT2D eigenvalue weighted by Gasteiger charge is -2.47. The Morgan fingerprint density at radius 3 is 2.35 bits per heavy atom. The molecule has 1 aromatic rings. The third kappa shape index (κ3) is 3.21. The maximum Gasteiger partial charge on any atom is 0.160 e. The molecule has 1 N–H and O–H groups in total. The zero-order chi connectivity index (χ0) is 15.1. The fraction of sp³-hybridized carbons (Fsp3) is 0.600. The van der Waals surface area contributed by atoms with Crippen molar-refractivity contribution in [1.82, 2.24) is 5.32 Å². The Bertz CT molecular complexity index is 480. The summed E-state index contributed by atoms with van der Waals surface area (Å²) in [6, 6.07) is 3.67. The number of piperazine rings is 1. The number of nitrogens with zero attached hydrogens (tertiary/aromatic N) is 1. The van der Waals surface area contributed by atoms with Crippen LogP contribution in [0.25, 0.3) is 0 Å². The molecule has 1 aliphatic rings. The zero-order valence-corrected chi connectivity index (χ0v) is 13.8. The van der Waals surface area contributed by atoms with E-state index in [2.05, 4.69) is 37.9 Å². The second-order valence-electron chi connectivity index (χ2n) is 6.43. The van der Waals surface area contributed by atoms with Gasteiger partial charge in [0.05, 0.1) is 10.0 Å². The zero-order valence-electron chi connectivity index (χ0n) is 12.3. The van der Waals surface area contributed by atoms with E-state index in [0.29, 0.717) is 12.0 Å². The standard InChI is InChI=1S/C15H21Cl2FN2/c1-9(2)13-7-19-15(3,4)8-20(13)10-5-11(16)14(18)12(17)6-10/h5-6,9,13,19H,7-8H2,1-4H3. The van der Waals surface area contributed by atoms with Crippen LogP contribution < -0.4 is 10.2 Å². The maximum absolute atomic E-state index is 13.6.